The van der Waals surface area contributed by atoms with E-state index in [0.29, 0.717) is 31.2 Å². The van der Waals surface area contributed by atoms with Crippen LogP contribution in [0.4, 0.5) is 5.69 Å². The zero-order valence-electron chi connectivity index (χ0n) is 23.7. The van der Waals surface area contributed by atoms with Crippen LogP contribution in [0.2, 0.25) is 5.02 Å². The largest absolute Gasteiger partial charge is 0.490 e. The van der Waals surface area contributed by atoms with Gasteiger partial charge in [-0.3, -0.25) is 4.79 Å². The Labute approximate surface area is 248 Å². The molecule has 2 heterocycles. The van der Waals surface area contributed by atoms with E-state index in [4.69, 9.17) is 16.3 Å². The summed E-state index contributed by atoms with van der Waals surface area (Å²) in [5.74, 6) is 0.188. The molecule has 9 heteroatoms. The number of aliphatic hydroxyl groups excluding tert-OH is 1. The van der Waals surface area contributed by atoms with Gasteiger partial charge in [-0.2, -0.15) is 0 Å². The second-order valence-electron chi connectivity index (χ2n) is 12.6. The molecule has 2 bridgehead atoms. The lowest BCUT2D eigenvalue weighted by molar-refractivity contribution is 0.0177. The van der Waals surface area contributed by atoms with Crippen LogP contribution in [0.3, 0.4) is 0 Å². The third kappa shape index (κ3) is 5.39. The highest BCUT2D eigenvalue weighted by atomic mass is 35.5. The number of nitrogens with zero attached hydrogens (tertiary/aromatic N) is 1. The summed E-state index contributed by atoms with van der Waals surface area (Å²) in [5.41, 5.74) is 3.33. The Balaban J connectivity index is 1.42. The predicted octanol–water partition coefficient (Wildman–Crippen LogP) is 5.24. The predicted molar refractivity (Wildman–Crippen MR) is 161 cm³/mol. The molecular formula is C32H39ClN2O5S. The molecule has 4 aliphatic rings. The third-order valence-corrected chi connectivity index (χ3v) is 12.1. The molecule has 1 spiro atoms. The number of nitrogens with one attached hydrogen (secondary N) is 1. The van der Waals surface area contributed by atoms with E-state index in [0.717, 1.165) is 49.4 Å². The highest BCUT2D eigenvalue weighted by Crippen LogP contribution is 2.47. The molecule has 1 amide bonds. The molecule has 0 unspecified atom stereocenters. The summed E-state index contributed by atoms with van der Waals surface area (Å²) >= 11 is 6.38. The Hall–Kier alpha value is -2.55. The second-order valence-corrected chi connectivity index (χ2v) is 15.0. The van der Waals surface area contributed by atoms with E-state index in [2.05, 4.69) is 21.8 Å². The highest BCUT2D eigenvalue weighted by Gasteiger charge is 2.44. The number of hydrogen-bond donors (Lipinski definition) is 2. The van der Waals surface area contributed by atoms with Crippen molar-refractivity contribution in [1.82, 2.24) is 4.72 Å². The quantitative estimate of drug-likeness (QED) is 0.403. The number of carbonyl (C=O) groups excluding carboxylic acids is 1. The molecule has 6 rings (SSSR count). The van der Waals surface area contributed by atoms with Gasteiger partial charge in [0.25, 0.3) is 5.91 Å². The van der Waals surface area contributed by atoms with Gasteiger partial charge in [0, 0.05) is 29.1 Å². The molecule has 6 atom stereocenters. The minimum absolute atomic E-state index is 0.163. The summed E-state index contributed by atoms with van der Waals surface area (Å²) in [6.07, 6.45) is 8.69. The number of carbonyl (C=O) groups is 1. The van der Waals surface area contributed by atoms with Crippen LogP contribution < -0.4 is 14.4 Å². The fourth-order valence-corrected chi connectivity index (χ4v) is 8.61. The molecule has 2 aliphatic carbocycles. The number of sulfonamides is 1. The number of rotatable bonds is 0. The number of amides is 1. The molecule has 220 valence electrons. The number of aliphatic hydroxyl groups is 1. The van der Waals surface area contributed by atoms with Crippen molar-refractivity contribution in [1.29, 1.82) is 0 Å². The number of hydrogen-bond acceptors (Lipinski definition) is 6. The molecule has 2 aromatic rings. The summed E-state index contributed by atoms with van der Waals surface area (Å²) in [4.78, 5) is 15.6. The molecule has 2 aromatic carbocycles. The average Bonchev–Trinajstić information content (AvgIpc) is 3.06. The fourth-order valence-electron chi connectivity index (χ4n) is 7.19. The summed E-state index contributed by atoms with van der Waals surface area (Å²) < 4.78 is 35.1. The van der Waals surface area contributed by atoms with Gasteiger partial charge in [-0.25, -0.2) is 13.1 Å². The molecular weight excluding hydrogens is 560 g/mol. The maximum atomic E-state index is 13.3. The molecule has 7 nitrogen and oxygen atoms in total. The maximum Gasteiger partial charge on any atom is 0.264 e. The van der Waals surface area contributed by atoms with Crippen molar-refractivity contribution >= 4 is 33.2 Å². The van der Waals surface area contributed by atoms with Crippen molar-refractivity contribution in [3.63, 3.8) is 0 Å². The van der Waals surface area contributed by atoms with Crippen LogP contribution >= 0.6 is 11.6 Å². The third-order valence-electron chi connectivity index (χ3n) is 10.0. The van der Waals surface area contributed by atoms with Gasteiger partial charge in [0.2, 0.25) is 10.0 Å². The van der Waals surface area contributed by atoms with Crippen molar-refractivity contribution in [2.24, 2.45) is 17.8 Å². The van der Waals surface area contributed by atoms with Crippen LogP contribution in [0.5, 0.6) is 5.75 Å². The van der Waals surface area contributed by atoms with Crippen molar-refractivity contribution < 1.29 is 23.1 Å². The Morgan fingerprint density at radius 2 is 1.98 bits per heavy atom. The fraction of sp³-hybridized carbons (Fsp3) is 0.531. The number of benzene rings is 2. The van der Waals surface area contributed by atoms with E-state index in [9.17, 15) is 18.3 Å². The lowest BCUT2D eigenvalue weighted by Crippen LogP contribution is -2.49. The van der Waals surface area contributed by atoms with Gasteiger partial charge in [-0.05, 0) is 105 Å². The lowest BCUT2D eigenvalue weighted by atomic mass is 9.68. The van der Waals surface area contributed by atoms with Crippen molar-refractivity contribution in [3.05, 3.63) is 70.3 Å². The lowest BCUT2D eigenvalue weighted by Gasteiger charge is -2.45. The van der Waals surface area contributed by atoms with Gasteiger partial charge in [0.05, 0.1) is 23.6 Å². The number of fused-ring (bicyclic) bond motifs is 4. The number of aryl methyl sites for hydroxylation is 1. The Morgan fingerprint density at radius 1 is 1.15 bits per heavy atom. The first-order valence-electron chi connectivity index (χ1n) is 14.8. The van der Waals surface area contributed by atoms with E-state index < -0.39 is 27.3 Å². The zero-order valence-corrected chi connectivity index (χ0v) is 25.3. The van der Waals surface area contributed by atoms with Crippen LogP contribution in [-0.2, 0) is 21.9 Å². The topological polar surface area (TPSA) is 95.9 Å². The van der Waals surface area contributed by atoms with E-state index in [-0.39, 0.29) is 22.8 Å². The van der Waals surface area contributed by atoms with E-state index in [1.54, 1.807) is 25.1 Å². The molecule has 0 saturated heterocycles. The summed E-state index contributed by atoms with van der Waals surface area (Å²) in [5, 5.41) is 11.1. The molecule has 2 aliphatic heterocycles. The zero-order chi connectivity index (χ0) is 28.9. The van der Waals surface area contributed by atoms with E-state index in [1.807, 2.05) is 25.1 Å². The number of anilines is 1. The van der Waals surface area contributed by atoms with Gasteiger partial charge >= 0.3 is 0 Å². The van der Waals surface area contributed by atoms with Crippen molar-refractivity contribution in [2.45, 2.75) is 69.1 Å². The van der Waals surface area contributed by atoms with Crippen molar-refractivity contribution in [2.75, 3.05) is 24.6 Å². The van der Waals surface area contributed by atoms with Crippen LogP contribution in [0, 0.1) is 17.8 Å². The van der Waals surface area contributed by atoms with E-state index >= 15 is 0 Å². The summed E-state index contributed by atoms with van der Waals surface area (Å²) in [6, 6.07) is 11.4. The number of halogens is 1. The Kier molecular flexibility index (Phi) is 7.62. The van der Waals surface area contributed by atoms with Crippen LogP contribution in [-0.4, -0.2) is 50.5 Å². The second kappa shape index (κ2) is 10.9. The molecule has 0 radical (unpaired) electrons. The summed E-state index contributed by atoms with van der Waals surface area (Å²) in [7, 11) is -3.93. The molecule has 1 saturated carbocycles. The average molecular weight is 599 g/mol. The normalized spacial score (nSPS) is 33.8. The van der Waals surface area contributed by atoms with Crippen LogP contribution in [0.15, 0.2) is 48.6 Å². The molecule has 2 N–H and O–H groups in total. The van der Waals surface area contributed by atoms with Crippen molar-refractivity contribution in [3.8, 4) is 5.75 Å². The van der Waals surface area contributed by atoms with Gasteiger partial charge in [-0.1, -0.05) is 36.7 Å². The van der Waals surface area contributed by atoms with Crippen LogP contribution in [0.1, 0.15) is 67.4 Å². The SMILES string of the molecule is C[C@@H]1[C@@H](C)/C=C/C[C@H](O)[C@@H]2CC[C@H]2CN2C[C@@]3(CCCc4cc(Cl)ccc43)COc3ccc(cc32)C(=O)NS1(=O)=O. The van der Waals surface area contributed by atoms with Gasteiger partial charge in [-0.15, -0.1) is 0 Å². The monoisotopic (exact) mass is 598 g/mol. The first kappa shape index (κ1) is 28.6. The Bertz CT molecular complexity index is 1480. The standard InChI is InChI=1S/C32H39ClN2O5S/c1-20-5-3-7-29(36)26-11-8-24(26)17-35-18-32(14-4-6-22-15-25(33)10-12-27(22)32)19-40-30-13-9-23(16-28(30)35)31(37)34-41(38,39)21(20)2/h3,5,9-10,12-13,15-16,20-21,24,26,29,36H,4,6-8,11,14,17-19H2,1-2H3,(H,34,37)/b5-3+/t20-,21+,24-,26+,29-,32-/m0/s1. The Morgan fingerprint density at radius 3 is 2.76 bits per heavy atom. The first-order chi connectivity index (χ1) is 19.6. The smallest absolute Gasteiger partial charge is 0.264 e. The highest BCUT2D eigenvalue weighted by molar-refractivity contribution is 7.90. The number of allylic oxidation sites excluding steroid dienone is 1. The molecule has 1 fully saturated rings. The first-order valence-corrected chi connectivity index (χ1v) is 16.7. The molecule has 0 aromatic heterocycles. The maximum absolute atomic E-state index is 13.3. The van der Waals surface area contributed by atoms with Crippen LogP contribution in [0.25, 0.3) is 0 Å². The van der Waals surface area contributed by atoms with E-state index in [1.165, 1.54) is 11.1 Å². The number of ether oxygens (including phenoxy) is 1. The van der Waals surface area contributed by atoms with Gasteiger partial charge < -0.3 is 14.7 Å². The summed E-state index contributed by atoms with van der Waals surface area (Å²) in [6.45, 7) is 5.35. The molecule has 41 heavy (non-hydrogen) atoms. The minimum Gasteiger partial charge on any atom is -0.490 e. The van der Waals surface area contributed by atoms with Gasteiger partial charge in [0.15, 0.2) is 0 Å². The van der Waals surface area contributed by atoms with Gasteiger partial charge in [0.1, 0.15) is 5.75 Å². The minimum atomic E-state index is -3.93.